The number of hydrogen-bond donors (Lipinski definition) is 5. The van der Waals surface area contributed by atoms with E-state index < -0.39 is 31.3 Å². The Morgan fingerprint density at radius 1 is 1.21 bits per heavy atom. The van der Waals surface area contributed by atoms with Crippen LogP contribution in [0.5, 0.6) is 0 Å². The van der Waals surface area contributed by atoms with E-state index in [4.69, 9.17) is 23.9 Å². The molecular weight excluding hydrogens is 545 g/mol. The van der Waals surface area contributed by atoms with E-state index in [1.54, 1.807) is 11.5 Å². The highest BCUT2D eigenvalue weighted by Gasteiger charge is 2.73. The molecule has 0 spiro atoms. The molecule has 2 aliphatic carbocycles. The molecule has 12 nitrogen and oxygen atoms in total. The maximum absolute atomic E-state index is 13.6. The second-order valence-corrected chi connectivity index (χ2v) is 14.1. The number of aliphatic hydroxyl groups excluding tert-OH is 2. The lowest BCUT2D eigenvalue weighted by Crippen LogP contribution is -2.35. The van der Waals surface area contributed by atoms with Crippen molar-refractivity contribution in [1.29, 1.82) is 0 Å². The number of nitrogen functional groups attached to an aromatic ring is 1. The highest BCUT2D eigenvalue weighted by Crippen LogP contribution is 2.73. The van der Waals surface area contributed by atoms with E-state index in [0.29, 0.717) is 57.1 Å². The fourth-order valence-electron chi connectivity index (χ4n) is 4.80. The van der Waals surface area contributed by atoms with Gasteiger partial charge in [-0.3, -0.25) is 4.57 Å². The highest BCUT2D eigenvalue weighted by atomic mass is 33.1. The zero-order valence-electron chi connectivity index (χ0n) is 18.1. The molecule has 0 aromatic carbocycles. The predicted octanol–water partition coefficient (Wildman–Crippen LogP) is 2.93. The van der Waals surface area contributed by atoms with Crippen LogP contribution in [0.1, 0.15) is 18.3 Å². The first kappa shape index (κ1) is 26.8. The number of nitrogens with two attached hydrogens (primary N) is 1. The Morgan fingerprint density at radius 3 is 2.47 bits per heavy atom. The average molecular weight is 572 g/mol. The van der Waals surface area contributed by atoms with Crippen molar-refractivity contribution in [2.45, 2.75) is 31.6 Å². The van der Waals surface area contributed by atoms with Crippen LogP contribution in [-0.2, 0) is 13.6 Å². The average Bonchev–Trinajstić information content (AvgIpc) is 3.26. The molecule has 2 heterocycles. The minimum atomic E-state index is -3.65. The van der Waals surface area contributed by atoms with Crippen molar-refractivity contribution >= 4 is 68.3 Å². The molecule has 4 rings (SSSR count). The number of imidazole rings is 1. The Balaban J connectivity index is 1.55. The molecule has 2 aromatic heterocycles. The van der Waals surface area contributed by atoms with Crippen LogP contribution >= 0.6 is 51.3 Å². The van der Waals surface area contributed by atoms with E-state index in [9.17, 15) is 14.8 Å². The number of fused-ring (bicyclic) bond motifs is 2. The van der Waals surface area contributed by atoms with Gasteiger partial charge in [-0.15, -0.1) is 0 Å². The first-order chi connectivity index (χ1) is 16.3. The van der Waals surface area contributed by atoms with Crippen molar-refractivity contribution in [3.63, 3.8) is 0 Å². The topological polar surface area (TPSA) is 186 Å². The zero-order valence-corrected chi connectivity index (χ0v) is 22.2. The predicted molar refractivity (Wildman–Crippen MR) is 136 cm³/mol. The van der Waals surface area contributed by atoms with Gasteiger partial charge in [0.05, 0.1) is 60.0 Å². The minimum Gasteiger partial charge on any atom is -0.390 e. The van der Waals surface area contributed by atoms with Gasteiger partial charge in [0, 0.05) is 16.9 Å². The molecule has 0 unspecified atom stereocenters. The first-order valence-electron chi connectivity index (χ1n) is 10.3. The van der Waals surface area contributed by atoms with E-state index in [0.717, 1.165) is 21.6 Å². The standard InChI is InChI=1S/C17H26N5O7PS4/c1-9-20-15(18)11-16(21-9)22(8-19-11)12-10-6-17(10,14(24)13(12)23)7-30(25,28-2-4-31-33-26)29-3-5-32-34-27/h8,10,12-14,23-24,26-27H,2-7H2,1H3,(H2,18,20,21)/t10-,12-,13+,14+,17-/m1/s1. The summed E-state index contributed by atoms with van der Waals surface area (Å²) in [5, 5.41) is 22.0. The van der Waals surface area contributed by atoms with Crippen molar-refractivity contribution < 1.29 is 32.9 Å². The second kappa shape index (κ2) is 11.0. The summed E-state index contributed by atoms with van der Waals surface area (Å²) in [5.41, 5.74) is 6.02. The van der Waals surface area contributed by atoms with Crippen molar-refractivity contribution in [1.82, 2.24) is 19.5 Å². The third-order valence-electron chi connectivity index (χ3n) is 6.24. The van der Waals surface area contributed by atoms with Gasteiger partial charge in [-0.05, 0) is 19.3 Å². The summed E-state index contributed by atoms with van der Waals surface area (Å²) in [6.45, 7) is 1.88. The summed E-state index contributed by atoms with van der Waals surface area (Å²) in [6.07, 6.45) is -0.288. The lowest BCUT2D eigenvalue weighted by Gasteiger charge is -2.27. The maximum atomic E-state index is 13.6. The molecule has 0 aliphatic heterocycles. The van der Waals surface area contributed by atoms with Gasteiger partial charge < -0.3 is 38.7 Å². The molecule has 5 atom stereocenters. The molecule has 0 radical (unpaired) electrons. The van der Waals surface area contributed by atoms with Crippen LogP contribution in [-0.4, -0.2) is 81.9 Å². The van der Waals surface area contributed by atoms with Crippen LogP contribution in [0.2, 0.25) is 0 Å². The van der Waals surface area contributed by atoms with E-state index in [1.807, 2.05) is 0 Å². The molecule has 2 saturated carbocycles. The molecule has 0 amide bonds. The monoisotopic (exact) mass is 571 g/mol. The number of anilines is 1. The minimum absolute atomic E-state index is 0.0595. The largest absolute Gasteiger partial charge is 0.390 e. The van der Waals surface area contributed by atoms with Crippen molar-refractivity contribution in [2.75, 3.05) is 36.6 Å². The van der Waals surface area contributed by atoms with Crippen LogP contribution < -0.4 is 5.73 Å². The first-order valence-corrected chi connectivity index (χ1v) is 16.6. The highest BCUT2D eigenvalue weighted by molar-refractivity contribution is 8.74. The normalized spacial score (nSPS) is 28.5. The van der Waals surface area contributed by atoms with Gasteiger partial charge in [0.1, 0.15) is 17.4 Å². The van der Waals surface area contributed by atoms with Gasteiger partial charge in [-0.2, -0.15) is 0 Å². The molecule has 17 heteroatoms. The third-order valence-corrected chi connectivity index (χ3v) is 10.9. The van der Waals surface area contributed by atoms with Gasteiger partial charge in [0.15, 0.2) is 11.5 Å². The third kappa shape index (κ3) is 5.23. The molecule has 2 fully saturated rings. The molecule has 34 heavy (non-hydrogen) atoms. The van der Waals surface area contributed by atoms with Gasteiger partial charge >= 0.3 is 7.60 Å². The van der Waals surface area contributed by atoms with Crippen LogP contribution in [0.15, 0.2) is 6.33 Å². The zero-order chi connectivity index (χ0) is 24.5. The van der Waals surface area contributed by atoms with Crippen molar-refractivity contribution in [3.05, 3.63) is 12.2 Å². The summed E-state index contributed by atoms with van der Waals surface area (Å²) < 4.78 is 44.4. The smallest absolute Gasteiger partial charge is 0.331 e. The molecular formula is C17H26N5O7PS4. The van der Waals surface area contributed by atoms with Crippen molar-refractivity contribution in [2.24, 2.45) is 11.3 Å². The van der Waals surface area contributed by atoms with Gasteiger partial charge in [-0.25, -0.2) is 15.0 Å². The molecule has 6 N–H and O–H groups in total. The number of aromatic nitrogens is 4. The summed E-state index contributed by atoms with van der Waals surface area (Å²) in [4.78, 5) is 12.8. The van der Waals surface area contributed by atoms with Crippen LogP contribution in [0.25, 0.3) is 11.2 Å². The lowest BCUT2D eigenvalue weighted by atomic mass is 10.0. The summed E-state index contributed by atoms with van der Waals surface area (Å²) in [5.74, 6) is 1.28. The Morgan fingerprint density at radius 2 is 1.85 bits per heavy atom. The van der Waals surface area contributed by atoms with Gasteiger partial charge in [0.2, 0.25) is 0 Å². The number of aliphatic hydroxyl groups is 2. The van der Waals surface area contributed by atoms with Crippen molar-refractivity contribution in [3.8, 4) is 0 Å². The SMILES string of the molecule is Cc1nc(N)c2ncn([C@H]3[C@H](O)[C@H](O)[C@@]4(CP(=O)(OCCSSO)OCCSSO)C[C@H]34)c2n1. The van der Waals surface area contributed by atoms with E-state index in [2.05, 4.69) is 15.0 Å². The summed E-state index contributed by atoms with van der Waals surface area (Å²) in [6, 6.07) is -0.537. The lowest BCUT2D eigenvalue weighted by molar-refractivity contribution is -0.0141. The fraction of sp³-hybridized carbons (Fsp3) is 0.706. The molecule has 2 aromatic rings. The Labute approximate surface area is 211 Å². The molecule has 0 bridgehead atoms. The Kier molecular flexibility index (Phi) is 8.67. The van der Waals surface area contributed by atoms with Gasteiger partial charge in [-0.1, -0.05) is 21.6 Å². The van der Waals surface area contributed by atoms with Gasteiger partial charge in [0.25, 0.3) is 0 Å². The van der Waals surface area contributed by atoms with E-state index in [-0.39, 0.29) is 31.1 Å². The molecule has 190 valence electrons. The fourth-order valence-corrected chi connectivity index (χ4v) is 8.63. The van der Waals surface area contributed by atoms with Crippen LogP contribution in [0.4, 0.5) is 5.82 Å². The summed E-state index contributed by atoms with van der Waals surface area (Å²) >= 11 is 1.18. The Bertz CT molecular complexity index is 1050. The summed E-state index contributed by atoms with van der Waals surface area (Å²) in [7, 11) is -1.37. The Hall–Kier alpha value is -0.260. The quantitative estimate of drug-likeness (QED) is 0.102. The second-order valence-electron chi connectivity index (χ2n) is 8.18. The maximum Gasteiger partial charge on any atom is 0.331 e. The number of nitrogens with zero attached hydrogens (tertiary/aromatic N) is 4. The van der Waals surface area contributed by atoms with E-state index >= 15 is 0 Å². The number of aryl methyl sites for hydroxylation is 1. The number of hydrogen-bond acceptors (Lipinski definition) is 15. The number of rotatable bonds is 13. The van der Waals surface area contributed by atoms with Crippen LogP contribution in [0.3, 0.4) is 0 Å². The molecule has 2 aliphatic rings. The molecule has 0 saturated heterocycles. The van der Waals surface area contributed by atoms with Crippen LogP contribution in [0, 0.1) is 18.3 Å². The van der Waals surface area contributed by atoms with E-state index in [1.165, 1.54) is 6.33 Å².